The van der Waals surface area contributed by atoms with Crippen LogP contribution in [0.1, 0.15) is 24.9 Å². The number of amides is 2. The molecule has 2 atom stereocenters. The number of carbonyl (C=O) groups excluding carboxylic acids is 3. The van der Waals surface area contributed by atoms with E-state index in [2.05, 4.69) is 10.6 Å². The van der Waals surface area contributed by atoms with E-state index in [1.807, 2.05) is 49.4 Å². The molecule has 0 fully saturated rings. The summed E-state index contributed by atoms with van der Waals surface area (Å²) in [5.41, 5.74) is 1.53. The minimum Gasteiger partial charge on any atom is -0.478 e. The van der Waals surface area contributed by atoms with Crippen molar-refractivity contribution in [2.24, 2.45) is 0 Å². The van der Waals surface area contributed by atoms with Gasteiger partial charge in [-0.15, -0.1) is 0 Å². The van der Waals surface area contributed by atoms with Crippen LogP contribution in [0, 0.1) is 0 Å². The van der Waals surface area contributed by atoms with Gasteiger partial charge in [0, 0.05) is 0 Å². The molecule has 4 rings (SSSR count). The topological polar surface area (TPSA) is 93.7 Å². The first-order chi connectivity index (χ1) is 15.0. The molecule has 0 aliphatic carbocycles. The van der Waals surface area contributed by atoms with Crippen molar-refractivity contribution in [2.45, 2.75) is 25.5 Å². The molecule has 0 bridgehead atoms. The van der Waals surface area contributed by atoms with Gasteiger partial charge >= 0.3 is 5.97 Å². The summed E-state index contributed by atoms with van der Waals surface area (Å²) in [5, 5.41) is 7.67. The Hall–Kier alpha value is -3.87. The Morgan fingerprint density at radius 2 is 1.81 bits per heavy atom. The number of carbonyl (C=O) groups is 3. The Bertz CT molecular complexity index is 1140. The van der Waals surface area contributed by atoms with E-state index >= 15 is 0 Å². The van der Waals surface area contributed by atoms with Gasteiger partial charge in [0.05, 0.1) is 18.2 Å². The van der Waals surface area contributed by atoms with Gasteiger partial charge < -0.3 is 20.1 Å². The van der Waals surface area contributed by atoms with E-state index in [1.54, 1.807) is 24.3 Å². The first kappa shape index (κ1) is 20.4. The SMILES string of the molecule is C[C@H](NC(=O)COC(=O)C[C@H]1Oc2ccccc2NC1=O)c1cccc2ccccc12. The van der Waals surface area contributed by atoms with Crippen LogP contribution in [0.25, 0.3) is 10.8 Å². The van der Waals surface area contributed by atoms with E-state index in [1.165, 1.54) is 0 Å². The smallest absolute Gasteiger partial charge is 0.310 e. The summed E-state index contributed by atoms with van der Waals surface area (Å²) in [6, 6.07) is 20.5. The molecule has 0 unspecified atom stereocenters. The Labute approximate surface area is 179 Å². The molecule has 0 spiro atoms. The van der Waals surface area contributed by atoms with E-state index < -0.39 is 30.5 Å². The van der Waals surface area contributed by atoms with Gasteiger partial charge in [0.2, 0.25) is 0 Å². The number of benzene rings is 3. The molecule has 2 amide bonds. The largest absolute Gasteiger partial charge is 0.478 e. The molecule has 7 nitrogen and oxygen atoms in total. The molecule has 1 heterocycles. The second kappa shape index (κ2) is 8.87. The van der Waals surface area contributed by atoms with Gasteiger partial charge in [-0.2, -0.15) is 0 Å². The number of nitrogens with one attached hydrogen (secondary N) is 2. The lowest BCUT2D eigenvalue weighted by atomic mass is 10.00. The molecule has 0 radical (unpaired) electrons. The Morgan fingerprint density at radius 3 is 2.68 bits per heavy atom. The quantitative estimate of drug-likeness (QED) is 0.599. The maximum atomic E-state index is 12.3. The van der Waals surface area contributed by atoms with Gasteiger partial charge in [-0.05, 0) is 35.4 Å². The summed E-state index contributed by atoms with van der Waals surface area (Å²) in [6.07, 6.45) is -1.29. The normalized spacial score (nSPS) is 15.9. The first-order valence-electron chi connectivity index (χ1n) is 10.0. The Kier molecular flexibility index (Phi) is 5.84. The Balaban J connectivity index is 1.29. The molecule has 0 saturated heterocycles. The highest BCUT2D eigenvalue weighted by Gasteiger charge is 2.30. The summed E-state index contributed by atoms with van der Waals surface area (Å²) in [7, 11) is 0. The molecular weight excluding hydrogens is 396 g/mol. The van der Waals surface area contributed by atoms with E-state index in [4.69, 9.17) is 9.47 Å². The van der Waals surface area contributed by atoms with Crippen molar-refractivity contribution in [3.63, 3.8) is 0 Å². The number of anilines is 1. The maximum Gasteiger partial charge on any atom is 0.310 e. The molecule has 3 aromatic rings. The fourth-order valence-electron chi connectivity index (χ4n) is 3.57. The van der Waals surface area contributed by atoms with Gasteiger partial charge in [0.15, 0.2) is 12.7 Å². The van der Waals surface area contributed by atoms with E-state index in [-0.39, 0.29) is 12.5 Å². The van der Waals surface area contributed by atoms with Crippen LogP contribution in [0.2, 0.25) is 0 Å². The van der Waals surface area contributed by atoms with Crippen LogP contribution >= 0.6 is 0 Å². The highest BCUT2D eigenvalue weighted by Crippen LogP contribution is 2.29. The number of hydrogen-bond donors (Lipinski definition) is 2. The third kappa shape index (κ3) is 4.66. The molecule has 2 N–H and O–H groups in total. The highest BCUT2D eigenvalue weighted by molar-refractivity contribution is 5.99. The molecule has 1 aliphatic rings. The van der Waals surface area contributed by atoms with E-state index in [0.29, 0.717) is 11.4 Å². The Morgan fingerprint density at radius 1 is 1.06 bits per heavy atom. The summed E-state index contributed by atoms with van der Waals surface area (Å²) in [5.74, 6) is -1.05. The van der Waals surface area contributed by atoms with Gasteiger partial charge in [0.1, 0.15) is 5.75 Å². The van der Waals surface area contributed by atoms with Crippen molar-refractivity contribution in [3.05, 3.63) is 72.3 Å². The van der Waals surface area contributed by atoms with Crippen LogP contribution < -0.4 is 15.4 Å². The van der Waals surface area contributed by atoms with Crippen LogP contribution in [-0.2, 0) is 19.1 Å². The van der Waals surface area contributed by atoms with E-state index in [9.17, 15) is 14.4 Å². The lowest BCUT2D eigenvalue weighted by Gasteiger charge is -2.25. The number of fused-ring (bicyclic) bond motifs is 2. The van der Waals surface area contributed by atoms with Crippen LogP contribution in [-0.4, -0.2) is 30.5 Å². The number of rotatable bonds is 6. The first-order valence-corrected chi connectivity index (χ1v) is 10.0. The van der Waals surface area contributed by atoms with Crippen molar-refractivity contribution in [3.8, 4) is 5.75 Å². The van der Waals surface area contributed by atoms with Gasteiger partial charge in [-0.3, -0.25) is 14.4 Å². The fourth-order valence-corrected chi connectivity index (χ4v) is 3.57. The van der Waals surface area contributed by atoms with E-state index in [0.717, 1.165) is 16.3 Å². The zero-order valence-electron chi connectivity index (χ0n) is 17.0. The monoisotopic (exact) mass is 418 g/mol. The molecule has 0 aromatic heterocycles. The van der Waals surface area contributed by atoms with Crippen molar-refractivity contribution in [1.29, 1.82) is 0 Å². The standard InChI is InChI=1S/C24H22N2O5/c1-15(17-10-6-8-16-7-2-3-9-18(16)17)25-22(27)14-30-23(28)13-21-24(29)26-19-11-4-5-12-20(19)31-21/h2-12,15,21H,13-14H2,1H3,(H,25,27)(H,26,29)/t15-,21+/m0/s1. The average molecular weight is 418 g/mol. The van der Waals surface area contributed by atoms with Crippen molar-refractivity contribution < 1.29 is 23.9 Å². The number of ether oxygens (including phenoxy) is 2. The minimum absolute atomic E-state index is 0.263. The predicted octanol–water partition coefficient (Wildman–Crippen LogP) is 3.35. The summed E-state index contributed by atoms with van der Waals surface area (Å²) in [6.45, 7) is 1.44. The van der Waals surface area contributed by atoms with Crippen LogP contribution in [0.15, 0.2) is 66.7 Å². The lowest BCUT2D eigenvalue weighted by Crippen LogP contribution is -2.39. The predicted molar refractivity (Wildman–Crippen MR) is 116 cm³/mol. The number of esters is 1. The third-order valence-corrected chi connectivity index (χ3v) is 5.09. The van der Waals surface area contributed by atoms with Gasteiger partial charge in [-0.25, -0.2) is 0 Å². The molecule has 7 heteroatoms. The minimum atomic E-state index is -1.000. The maximum absolute atomic E-state index is 12.3. The second-order valence-corrected chi connectivity index (χ2v) is 7.31. The van der Waals surface area contributed by atoms with Crippen molar-refractivity contribution >= 4 is 34.2 Å². The zero-order chi connectivity index (χ0) is 21.8. The molecule has 158 valence electrons. The average Bonchev–Trinajstić information content (AvgIpc) is 2.77. The summed E-state index contributed by atoms with van der Waals surface area (Å²) >= 11 is 0. The molecule has 0 saturated carbocycles. The molecule has 3 aromatic carbocycles. The van der Waals surface area contributed by atoms with Crippen molar-refractivity contribution in [2.75, 3.05) is 11.9 Å². The summed E-state index contributed by atoms with van der Waals surface area (Å²) in [4.78, 5) is 36.5. The van der Waals surface area contributed by atoms with Crippen LogP contribution in [0.5, 0.6) is 5.75 Å². The lowest BCUT2D eigenvalue weighted by molar-refractivity contribution is -0.151. The fraction of sp³-hybridized carbons (Fsp3) is 0.208. The second-order valence-electron chi connectivity index (χ2n) is 7.31. The number of hydrogen-bond acceptors (Lipinski definition) is 5. The number of para-hydroxylation sites is 2. The van der Waals surface area contributed by atoms with Crippen LogP contribution in [0.4, 0.5) is 5.69 Å². The van der Waals surface area contributed by atoms with Crippen LogP contribution in [0.3, 0.4) is 0 Å². The molecule has 31 heavy (non-hydrogen) atoms. The third-order valence-electron chi connectivity index (χ3n) is 5.09. The summed E-state index contributed by atoms with van der Waals surface area (Å²) < 4.78 is 10.6. The molecule has 1 aliphatic heterocycles. The van der Waals surface area contributed by atoms with Crippen molar-refractivity contribution in [1.82, 2.24) is 5.32 Å². The highest BCUT2D eigenvalue weighted by atomic mass is 16.5. The van der Waals surface area contributed by atoms with Gasteiger partial charge in [0.25, 0.3) is 11.8 Å². The molecular formula is C24H22N2O5. The zero-order valence-corrected chi connectivity index (χ0v) is 17.0. The van der Waals surface area contributed by atoms with Gasteiger partial charge in [-0.1, -0.05) is 54.6 Å².